The molecular formula is C14H25P. The molecule has 1 heterocycles. The van der Waals surface area contributed by atoms with Crippen LogP contribution >= 0.6 is 7.92 Å². The molecule has 5 unspecified atom stereocenters. The van der Waals surface area contributed by atoms with Crippen molar-refractivity contribution < 1.29 is 0 Å². The Balaban J connectivity index is 2.01. The molecule has 0 N–H and O–H groups in total. The monoisotopic (exact) mass is 224 g/mol. The maximum atomic E-state index is 3.97. The number of hydrogen-bond donors (Lipinski definition) is 0. The summed E-state index contributed by atoms with van der Waals surface area (Å²) in [5.74, 6) is 2.91. The van der Waals surface area contributed by atoms with E-state index in [0.29, 0.717) is 7.92 Å². The van der Waals surface area contributed by atoms with Gasteiger partial charge < -0.3 is 0 Å². The lowest BCUT2D eigenvalue weighted by atomic mass is 9.77. The first kappa shape index (κ1) is 11.6. The van der Waals surface area contributed by atoms with Gasteiger partial charge in [0.15, 0.2) is 0 Å². The number of hydrogen-bond acceptors (Lipinski definition) is 0. The van der Waals surface area contributed by atoms with Crippen LogP contribution in [0, 0.1) is 17.8 Å². The van der Waals surface area contributed by atoms with Crippen LogP contribution in [0.15, 0.2) is 12.7 Å². The van der Waals surface area contributed by atoms with Crippen molar-refractivity contribution >= 4 is 7.92 Å². The maximum Gasteiger partial charge on any atom is 0.00102 e. The molecule has 0 radical (unpaired) electrons. The van der Waals surface area contributed by atoms with E-state index in [1.807, 2.05) is 0 Å². The summed E-state index contributed by atoms with van der Waals surface area (Å²) in [5.41, 5.74) is 2.00. The lowest BCUT2D eigenvalue weighted by molar-refractivity contribution is 0.242. The molecule has 0 spiro atoms. The van der Waals surface area contributed by atoms with Crippen molar-refractivity contribution in [2.75, 3.05) is 6.16 Å². The first-order valence-electron chi connectivity index (χ1n) is 6.51. The second-order valence-electron chi connectivity index (χ2n) is 5.89. The van der Waals surface area contributed by atoms with E-state index in [-0.39, 0.29) is 0 Å². The van der Waals surface area contributed by atoms with Crippen LogP contribution in [0.3, 0.4) is 0 Å². The molecule has 1 aliphatic heterocycles. The zero-order valence-corrected chi connectivity index (χ0v) is 11.3. The van der Waals surface area contributed by atoms with Crippen LogP contribution in [-0.2, 0) is 0 Å². The quantitative estimate of drug-likeness (QED) is 0.489. The van der Waals surface area contributed by atoms with Crippen molar-refractivity contribution in [3.05, 3.63) is 12.7 Å². The number of rotatable bonds is 3. The highest BCUT2D eigenvalue weighted by Gasteiger charge is 2.45. The predicted molar refractivity (Wildman–Crippen MR) is 70.9 cm³/mol. The Kier molecular flexibility index (Phi) is 3.56. The highest BCUT2D eigenvalue weighted by Crippen LogP contribution is 2.67. The van der Waals surface area contributed by atoms with E-state index >= 15 is 0 Å². The van der Waals surface area contributed by atoms with Gasteiger partial charge in [-0.2, -0.15) is 0 Å². The second kappa shape index (κ2) is 4.58. The van der Waals surface area contributed by atoms with Gasteiger partial charge in [-0.15, -0.1) is 6.58 Å². The molecule has 2 rings (SSSR count). The Morgan fingerprint density at radius 2 is 2.07 bits per heavy atom. The maximum absolute atomic E-state index is 3.97. The zero-order chi connectivity index (χ0) is 11.0. The third-order valence-electron chi connectivity index (χ3n) is 4.38. The molecule has 1 aliphatic carbocycles. The van der Waals surface area contributed by atoms with Crippen molar-refractivity contribution in [3.8, 4) is 0 Å². The van der Waals surface area contributed by atoms with E-state index in [2.05, 4.69) is 33.4 Å². The van der Waals surface area contributed by atoms with Crippen LogP contribution in [0.5, 0.6) is 0 Å². The SMILES string of the molecule is C=CC1CP1C1CC(C)CCC1C(C)C. The van der Waals surface area contributed by atoms with E-state index in [1.54, 1.807) is 0 Å². The third-order valence-corrected chi connectivity index (χ3v) is 7.41. The minimum atomic E-state index is 0.351. The fraction of sp³-hybridized carbons (Fsp3) is 0.857. The molecule has 5 atom stereocenters. The fourth-order valence-electron chi connectivity index (χ4n) is 3.29. The van der Waals surface area contributed by atoms with Crippen LogP contribution in [0.25, 0.3) is 0 Å². The largest absolute Gasteiger partial charge is 0.102 e. The molecule has 15 heavy (non-hydrogen) atoms. The van der Waals surface area contributed by atoms with Gasteiger partial charge in [0, 0.05) is 5.66 Å². The molecule has 0 nitrogen and oxygen atoms in total. The molecule has 1 saturated heterocycles. The molecule has 0 bridgehead atoms. The Labute approximate surface area is 96.3 Å². The third kappa shape index (κ3) is 2.47. The lowest BCUT2D eigenvalue weighted by Gasteiger charge is -2.38. The van der Waals surface area contributed by atoms with E-state index in [4.69, 9.17) is 0 Å². The average Bonchev–Trinajstić information content (AvgIpc) is 2.95. The van der Waals surface area contributed by atoms with Crippen LogP contribution < -0.4 is 0 Å². The van der Waals surface area contributed by atoms with Crippen molar-refractivity contribution in [2.24, 2.45) is 17.8 Å². The first-order valence-corrected chi connectivity index (χ1v) is 8.18. The topological polar surface area (TPSA) is 0 Å². The number of allylic oxidation sites excluding steroid dienone is 1. The Morgan fingerprint density at radius 3 is 2.60 bits per heavy atom. The minimum absolute atomic E-state index is 0.351. The van der Waals surface area contributed by atoms with Crippen LogP contribution in [-0.4, -0.2) is 17.5 Å². The molecule has 0 aromatic rings. The molecule has 86 valence electrons. The van der Waals surface area contributed by atoms with Gasteiger partial charge in [0.1, 0.15) is 0 Å². The van der Waals surface area contributed by atoms with E-state index < -0.39 is 0 Å². The molecule has 1 heteroatoms. The highest BCUT2D eigenvalue weighted by molar-refractivity contribution is 7.67. The van der Waals surface area contributed by atoms with E-state index in [1.165, 1.54) is 25.4 Å². The van der Waals surface area contributed by atoms with Gasteiger partial charge in [0.05, 0.1) is 0 Å². The molecule has 1 saturated carbocycles. The summed E-state index contributed by atoms with van der Waals surface area (Å²) in [6.45, 7) is 11.3. The molecule has 0 aromatic carbocycles. The molecular weight excluding hydrogens is 199 g/mol. The van der Waals surface area contributed by atoms with Crippen molar-refractivity contribution in [3.63, 3.8) is 0 Å². The molecule has 2 fully saturated rings. The van der Waals surface area contributed by atoms with Crippen molar-refractivity contribution in [1.82, 2.24) is 0 Å². The molecule has 0 amide bonds. The van der Waals surface area contributed by atoms with Gasteiger partial charge in [0.25, 0.3) is 0 Å². The normalized spacial score (nSPS) is 45.5. The summed E-state index contributed by atoms with van der Waals surface area (Å²) in [7, 11) is 0.351. The predicted octanol–water partition coefficient (Wildman–Crippen LogP) is 4.50. The zero-order valence-electron chi connectivity index (χ0n) is 10.4. The highest BCUT2D eigenvalue weighted by atomic mass is 31.1. The molecule has 0 aromatic heterocycles. The minimum Gasteiger partial charge on any atom is -0.102 e. The summed E-state index contributed by atoms with van der Waals surface area (Å²) in [6, 6.07) is 0. The van der Waals surface area contributed by atoms with Crippen molar-refractivity contribution in [2.45, 2.75) is 51.4 Å². The smallest absolute Gasteiger partial charge is 0.00102 e. The van der Waals surface area contributed by atoms with Gasteiger partial charge in [-0.05, 0) is 42.4 Å². The van der Waals surface area contributed by atoms with Crippen LogP contribution in [0.2, 0.25) is 0 Å². The summed E-state index contributed by atoms with van der Waals surface area (Å²) in [5, 5.41) is 0. The first-order chi connectivity index (χ1) is 7.13. The second-order valence-corrected chi connectivity index (χ2v) is 8.61. The van der Waals surface area contributed by atoms with Gasteiger partial charge in [-0.3, -0.25) is 0 Å². The van der Waals surface area contributed by atoms with Gasteiger partial charge in [-0.25, -0.2) is 0 Å². The Bertz CT molecular complexity index is 233. The van der Waals surface area contributed by atoms with Gasteiger partial charge in [0.2, 0.25) is 0 Å². The summed E-state index contributed by atoms with van der Waals surface area (Å²) in [4.78, 5) is 0. The van der Waals surface area contributed by atoms with Gasteiger partial charge >= 0.3 is 0 Å². The molecule has 2 aliphatic rings. The summed E-state index contributed by atoms with van der Waals surface area (Å²) >= 11 is 0. The lowest BCUT2D eigenvalue weighted by Crippen LogP contribution is -2.29. The average molecular weight is 224 g/mol. The van der Waals surface area contributed by atoms with Crippen molar-refractivity contribution in [1.29, 1.82) is 0 Å². The van der Waals surface area contributed by atoms with Crippen LogP contribution in [0.1, 0.15) is 40.0 Å². The Morgan fingerprint density at radius 1 is 1.33 bits per heavy atom. The van der Waals surface area contributed by atoms with E-state index in [0.717, 1.165) is 29.1 Å². The standard InChI is InChI=1S/C14H25P/c1-5-12-9-15(12)14-8-11(4)6-7-13(14)10(2)3/h5,10-14H,1,6-9H2,2-4H3. The summed E-state index contributed by atoms with van der Waals surface area (Å²) < 4.78 is 0. The fourth-order valence-corrected chi connectivity index (χ4v) is 6.71. The van der Waals surface area contributed by atoms with E-state index in [9.17, 15) is 0 Å². The summed E-state index contributed by atoms with van der Waals surface area (Å²) in [6.07, 6.45) is 8.20. The Hall–Kier alpha value is 0.170. The van der Waals surface area contributed by atoms with Crippen LogP contribution in [0.4, 0.5) is 0 Å². The van der Waals surface area contributed by atoms with Gasteiger partial charge in [-0.1, -0.05) is 41.2 Å².